The number of rotatable bonds is 5. The predicted molar refractivity (Wildman–Crippen MR) is 120 cm³/mol. The van der Waals surface area contributed by atoms with Crippen LogP contribution in [-0.4, -0.2) is 35.2 Å². The molecule has 1 N–H and O–H groups in total. The van der Waals surface area contributed by atoms with Gasteiger partial charge in [-0.3, -0.25) is 9.36 Å². The lowest BCUT2D eigenvalue weighted by Crippen LogP contribution is -2.16. The van der Waals surface area contributed by atoms with E-state index < -0.39 is 18.0 Å². The Bertz CT molecular complexity index is 1420. The van der Waals surface area contributed by atoms with Crippen LogP contribution in [0.4, 0.5) is 14.6 Å². The Morgan fingerprint density at radius 3 is 2.85 bits per heavy atom. The number of hydrogen-bond donors (Lipinski definition) is 1. The number of nitrogens with one attached hydrogen (secondary N) is 1. The Balaban J connectivity index is 1.28. The monoisotopic (exact) mass is 461 g/mol. The van der Waals surface area contributed by atoms with Crippen molar-refractivity contribution in [2.24, 2.45) is 0 Å². The average molecular weight is 461 g/mol. The number of benzene rings is 1. The number of carbonyl (C=O) groups excluding carboxylic acids is 1. The van der Waals surface area contributed by atoms with E-state index in [-0.39, 0.29) is 11.4 Å². The third-order valence-electron chi connectivity index (χ3n) is 6.28. The summed E-state index contributed by atoms with van der Waals surface area (Å²) in [5, 5.41) is 10.7. The predicted octanol–water partition coefficient (Wildman–Crippen LogP) is 4.52. The molecule has 1 aliphatic heterocycles. The summed E-state index contributed by atoms with van der Waals surface area (Å²) in [6, 6.07) is 7.77. The molecule has 0 radical (unpaired) electrons. The molecule has 1 aromatic carbocycles. The molecule has 1 aliphatic carbocycles. The van der Waals surface area contributed by atoms with Crippen LogP contribution in [0.5, 0.6) is 0 Å². The fourth-order valence-corrected chi connectivity index (χ4v) is 4.33. The first kappa shape index (κ1) is 20.6. The number of anilines is 1. The number of aryl methyl sites for hydroxylation is 2. The van der Waals surface area contributed by atoms with Crippen molar-refractivity contribution in [1.29, 1.82) is 0 Å². The van der Waals surface area contributed by atoms with Gasteiger partial charge in [0.1, 0.15) is 23.2 Å². The third kappa shape index (κ3) is 3.55. The van der Waals surface area contributed by atoms with Crippen LogP contribution >= 0.6 is 0 Å². The maximum absolute atomic E-state index is 14.8. The summed E-state index contributed by atoms with van der Waals surface area (Å²) in [4.78, 5) is 21.8. The number of halogens is 2. The molecule has 1 atom stereocenters. The van der Waals surface area contributed by atoms with Crippen LogP contribution in [0, 0.1) is 12.7 Å². The molecular formula is C24H21F2N7O. The van der Waals surface area contributed by atoms with Crippen LogP contribution in [0.1, 0.15) is 58.9 Å². The summed E-state index contributed by atoms with van der Waals surface area (Å²) in [7, 11) is 0. The first-order chi connectivity index (χ1) is 16.5. The van der Waals surface area contributed by atoms with Gasteiger partial charge < -0.3 is 9.88 Å². The van der Waals surface area contributed by atoms with Crippen molar-refractivity contribution in [3.63, 3.8) is 0 Å². The molecule has 0 unspecified atom stereocenters. The highest BCUT2D eigenvalue weighted by Crippen LogP contribution is 2.39. The summed E-state index contributed by atoms with van der Waals surface area (Å²) in [5.74, 6) is 0.285. The second kappa shape index (κ2) is 7.82. The van der Waals surface area contributed by atoms with Crippen LogP contribution in [0.3, 0.4) is 0 Å². The molecule has 172 valence electrons. The van der Waals surface area contributed by atoms with E-state index in [2.05, 4.69) is 25.5 Å². The van der Waals surface area contributed by atoms with Crippen molar-refractivity contribution in [2.45, 2.75) is 44.8 Å². The number of nitrogens with zero attached hydrogens (tertiary/aromatic N) is 6. The molecule has 2 aliphatic rings. The highest BCUT2D eigenvalue weighted by molar-refractivity contribution is 6.04. The van der Waals surface area contributed by atoms with Gasteiger partial charge in [0, 0.05) is 25.0 Å². The molecule has 1 amide bonds. The van der Waals surface area contributed by atoms with Gasteiger partial charge >= 0.3 is 0 Å². The lowest BCUT2D eigenvalue weighted by molar-refractivity contribution is 0.102. The normalized spacial score (nSPS) is 17.1. The molecule has 4 heterocycles. The molecule has 0 bridgehead atoms. The van der Waals surface area contributed by atoms with E-state index in [0.29, 0.717) is 47.4 Å². The molecule has 10 heteroatoms. The van der Waals surface area contributed by atoms with Gasteiger partial charge in [0.05, 0.1) is 23.3 Å². The Hall–Kier alpha value is -3.95. The zero-order valence-corrected chi connectivity index (χ0v) is 18.4. The van der Waals surface area contributed by atoms with E-state index in [1.807, 2.05) is 10.8 Å². The number of fused-ring (bicyclic) bond motifs is 1. The van der Waals surface area contributed by atoms with Crippen molar-refractivity contribution < 1.29 is 13.6 Å². The summed E-state index contributed by atoms with van der Waals surface area (Å²) in [6.07, 6.45) is 5.53. The largest absolute Gasteiger partial charge is 0.306 e. The van der Waals surface area contributed by atoms with E-state index in [1.54, 1.807) is 31.5 Å². The van der Waals surface area contributed by atoms with Crippen LogP contribution < -0.4 is 5.32 Å². The number of alkyl halides is 1. The van der Waals surface area contributed by atoms with Crippen LogP contribution in [0.15, 0.2) is 42.9 Å². The molecule has 8 nitrogen and oxygen atoms in total. The maximum atomic E-state index is 14.8. The molecule has 1 fully saturated rings. The highest BCUT2D eigenvalue weighted by Gasteiger charge is 2.28. The van der Waals surface area contributed by atoms with Gasteiger partial charge in [0.25, 0.3) is 5.91 Å². The van der Waals surface area contributed by atoms with Crippen LogP contribution in [0.25, 0.3) is 17.2 Å². The number of aromatic nitrogens is 6. The Morgan fingerprint density at radius 1 is 1.18 bits per heavy atom. The van der Waals surface area contributed by atoms with Gasteiger partial charge in [-0.25, -0.2) is 18.7 Å². The second-order valence-electron chi connectivity index (χ2n) is 8.74. The van der Waals surface area contributed by atoms with E-state index in [0.717, 1.165) is 18.5 Å². The van der Waals surface area contributed by atoms with Gasteiger partial charge in [-0.15, -0.1) is 10.2 Å². The van der Waals surface area contributed by atoms with E-state index in [9.17, 15) is 13.6 Å². The molecule has 6 rings (SSSR count). The first-order valence-corrected chi connectivity index (χ1v) is 11.2. The molecule has 0 saturated heterocycles. The average Bonchev–Trinajstić information content (AvgIpc) is 3.23. The Morgan fingerprint density at radius 2 is 2.03 bits per heavy atom. The van der Waals surface area contributed by atoms with Crippen LogP contribution in [0.2, 0.25) is 0 Å². The lowest BCUT2D eigenvalue weighted by Gasteiger charge is -2.12. The van der Waals surface area contributed by atoms with Crippen LogP contribution in [-0.2, 0) is 6.42 Å². The third-order valence-corrected chi connectivity index (χ3v) is 6.28. The van der Waals surface area contributed by atoms with E-state index >= 15 is 0 Å². The zero-order chi connectivity index (χ0) is 23.4. The van der Waals surface area contributed by atoms with Crippen molar-refractivity contribution in [2.75, 3.05) is 5.32 Å². The molecule has 34 heavy (non-hydrogen) atoms. The summed E-state index contributed by atoms with van der Waals surface area (Å²) in [5.41, 5.74) is 2.64. The fourth-order valence-electron chi connectivity index (χ4n) is 4.33. The van der Waals surface area contributed by atoms with Gasteiger partial charge in [-0.05, 0) is 49.6 Å². The van der Waals surface area contributed by atoms with E-state index in [1.165, 1.54) is 16.7 Å². The Labute approximate surface area is 193 Å². The number of pyridine rings is 1. The van der Waals surface area contributed by atoms with Gasteiger partial charge in [-0.1, -0.05) is 6.07 Å². The molecule has 1 saturated carbocycles. The maximum Gasteiger partial charge on any atom is 0.259 e. The zero-order valence-electron chi connectivity index (χ0n) is 18.4. The quantitative estimate of drug-likeness (QED) is 0.472. The van der Waals surface area contributed by atoms with E-state index in [4.69, 9.17) is 0 Å². The minimum absolute atomic E-state index is 0.110. The number of hydrogen-bond acceptors (Lipinski definition) is 5. The summed E-state index contributed by atoms with van der Waals surface area (Å²) >= 11 is 0. The minimum atomic E-state index is -1.20. The van der Waals surface area contributed by atoms with Gasteiger partial charge in [0.15, 0.2) is 12.1 Å². The fraction of sp³-hybridized carbons (Fsp3) is 0.292. The van der Waals surface area contributed by atoms with Crippen molar-refractivity contribution in [1.82, 2.24) is 29.3 Å². The molecule has 4 aromatic rings. The number of imidazole rings is 1. The highest BCUT2D eigenvalue weighted by atomic mass is 19.1. The summed E-state index contributed by atoms with van der Waals surface area (Å²) < 4.78 is 32.3. The van der Waals surface area contributed by atoms with Crippen molar-refractivity contribution in [3.8, 4) is 17.2 Å². The van der Waals surface area contributed by atoms with Gasteiger partial charge in [0.2, 0.25) is 0 Å². The van der Waals surface area contributed by atoms with Gasteiger partial charge in [-0.2, -0.15) is 0 Å². The lowest BCUT2D eigenvalue weighted by atomic mass is 10.1. The number of carbonyl (C=O) groups is 1. The van der Waals surface area contributed by atoms with Crippen molar-refractivity contribution >= 4 is 11.7 Å². The Kier molecular flexibility index (Phi) is 4.75. The smallest absolute Gasteiger partial charge is 0.259 e. The molecule has 0 spiro atoms. The number of amides is 1. The SMILES string of the molecule is Cc1cc(F)c(C(=O)Nc2cccc(-c3nnc4n3[C@H](F)CC4)n2)cc1-n1cnc(C2CC2)c1. The minimum Gasteiger partial charge on any atom is -0.306 e. The standard InChI is InChI=1S/C24H21F2N7O/c1-13-9-16(25)15(10-19(13)32-11-18(27-12-32)14-5-6-14)24(34)29-21-4-2-3-17(28-21)23-31-30-22-8-7-20(26)33(22)23/h2-4,9-12,14,20H,5-8H2,1H3,(H,28,29,34)/t20-/m0/s1. The molecule has 3 aromatic heterocycles. The summed E-state index contributed by atoms with van der Waals surface area (Å²) in [6.45, 7) is 1.79. The topological polar surface area (TPSA) is 90.5 Å². The van der Waals surface area contributed by atoms with Crippen molar-refractivity contribution in [3.05, 3.63) is 71.3 Å². The first-order valence-electron chi connectivity index (χ1n) is 11.2. The molecular weight excluding hydrogens is 440 g/mol. The second-order valence-corrected chi connectivity index (χ2v) is 8.74.